The van der Waals surface area contributed by atoms with Gasteiger partial charge in [0, 0.05) is 34.8 Å². The van der Waals surface area contributed by atoms with Gasteiger partial charge in [-0.3, -0.25) is 0 Å². The molecular formula is C34H32O6. The topological polar surface area (TPSA) is 78.9 Å². The van der Waals surface area contributed by atoms with Crippen molar-refractivity contribution in [3.8, 4) is 33.8 Å². The van der Waals surface area contributed by atoms with Crippen molar-refractivity contribution in [3.05, 3.63) is 108 Å². The molecule has 3 aromatic rings. The second-order valence-corrected chi connectivity index (χ2v) is 10.0. The van der Waals surface area contributed by atoms with Gasteiger partial charge in [0.25, 0.3) is 0 Å². The number of ether oxygens (including phenoxy) is 3. The van der Waals surface area contributed by atoms with Gasteiger partial charge in [0.15, 0.2) is 0 Å². The number of esters is 3. The van der Waals surface area contributed by atoms with Gasteiger partial charge < -0.3 is 14.2 Å². The Balaban J connectivity index is 1.63. The van der Waals surface area contributed by atoms with Crippen LogP contribution in [0.1, 0.15) is 42.9 Å². The van der Waals surface area contributed by atoms with Crippen molar-refractivity contribution in [2.75, 3.05) is 6.61 Å². The predicted octanol–water partition coefficient (Wildman–Crippen LogP) is 7.05. The Morgan fingerprint density at radius 3 is 2.20 bits per heavy atom. The molecule has 6 heteroatoms. The van der Waals surface area contributed by atoms with Crippen molar-refractivity contribution in [2.45, 2.75) is 39.5 Å². The summed E-state index contributed by atoms with van der Waals surface area (Å²) >= 11 is 0. The Labute approximate surface area is 234 Å². The number of rotatable bonds is 9. The predicted molar refractivity (Wildman–Crippen MR) is 155 cm³/mol. The summed E-state index contributed by atoms with van der Waals surface area (Å²) in [5, 5.41) is 0. The molecule has 0 aromatic heterocycles. The van der Waals surface area contributed by atoms with Crippen molar-refractivity contribution in [3.63, 3.8) is 0 Å². The Morgan fingerprint density at radius 1 is 0.875 bits per heavy atom. The summed E-state index contributed by atoms with van der Waals surface area (Å²) in [5.74, 6) is -0.856. The minimum absolute atomic E-state index is 0.189. The van der Waals surface area contributed by atoms with Crippen LogP contribution < -0.4 is 9.47 Å². The minimum Gasteiger partial charge on any atom is -0.462 e. The smallest absolute Gasteiger partial charge is 0.338 e. The summed E-state index contributed by atoms with van der Waals surface area (Å²) in [7, 11) is 0. The van der Waals surface area contributed by atoms with Gasteiger partial charge in [0.05, 0.1) is 6.61 Å². The van der Waals surface area contributed by atoms with Crippen LogP contribution in [0.25, 0.3) is 22.3 Å². The highest BCUT2D eigenvalue weighted by atomic mass is 16.5. The summed E-state index contributed by atoms with van der Waals surface area (Å²) in [6, 6.07) is 17.4. The third kappa shape index (κ3) is 6.29. The van der Waals surface area contributed by atoms with E-state index in [0.717, 1.165) is 35.1 Å². The molecule has 0 heterocycles. The molecule has 1 aliphatic rings. The van der Waals surface area contributed by atoms with Crippen LogP contribution in [-0.4, -0.2) is 24.5 Å². The van der Waals surface area contributed by atoms with Gasteiger partial charge in [0.2, 0.25) is 0 Å². The van der Waals surface area contributed by atoms with Crippen molar-refractivity contribution >= 4 is 17.9 Å². The van der Waals surface area contributed by atoms with Gasteiger partial charge in [-0.15, -0.1) is 0 Å². The third-order valence-corrected chi connectivity index (χ3v) is 6.85. The first-order chi connectivity index (χ1) is 19.1. The first kappa shape index (κ1) is 28.3. The molecule has 1 atom stereocenters. The lowest BCUT2D eigenvalue weighted by Crippen LogP contribution is -2.11. The van der Waals surface area contributed by atoms with Crippen molar-refractivity contribution in [1.82, 2.24) is 0 Å². The Bertz CT molecular complexity index is 1540. The van der Waals surface area contributed by atoms with E-state index >= 15 is 0 Å². The summed E-state index contributed by atoms with van der Waals surface area (Å²) in [4.78, 5) is 35.9. The van der Waals surface area contributed by atoms with E-state index in [-0.39, 0.29) is 28.6 Å². The first-order valence-electron chi connectivity index (χ1n) is 13.0. The van der Waals surface area contributed by atoms with Crippen LogP contribution in [-0.2, 0) is 25.5 Å². The summed E-state index contributed by atoms with van der Waals surface area (Å²) in [6.07, 6.45) is 3.05. The SMILES string of the molecule is C=CC(=O)OCC1CCc2cc(-c3ccc(-c4ccc(OC(=O)C(=C)C)cc4OC(=O)C(=C)C)cc3C)ccc21. The molecule has 0 N–H and O–H groups in total. The third-order valence-electron chi connectivity index (χ3n) is 6.85. The van der Waals surface area contributed by atoms with Crippen LogP contribution in [0.5, 0.6) is 11.5 Å². The number of carbonyl (C=O) groups excluding carboxylic acids is 3. The number of aryl methyl sites for hydroxylation is 2. The van der Waals surface area contributed by atoms with E-state index in [9.17, 15) is 14.4 Å². The van der Waals surface area contributed by atoms with E-state index < -0.39 is 17.9 Å². The molecule has 0 spiro atoms. The zero-order valence-electron chi connectivity index (χ0n) is 23.0. The lowest BCUT2D eigenvalue weighted by atomic mass is 9.93. The molecule has 0 bridgehead atoms. The number of benzene rings is 3. The van der Waals surface area contributed by atoms with E-state index in [0.29, 0.717) is 12.2 Å². The molecule has 0 aliphatic heterocycles. The molecular weight excluding hydrogens is 504 g/mol. The maximum atomic E-state index is 12.4. The Kier molecular flexibility index (Phi) is 8.49. The fourth-order valence-electron chi connectivity index (χ4n) is 4.71. The Morgan fingerprint density at radius 2 is 1.52 bits per heavy atom. The van der Waals surface area contributed by atoms with Crippen LogP contribution in [0.2, 0.25) is 0 Å². The molecule has 0 amide bonds. The molecule has 40 heavy (non-hydrogen) atoms. The average molecular weight is 537 g/mol. The molecule has 0 radical (unpaired) electrons. The van der Waals surface area contributed by atoms with E-state index in [4.69, 9.17) is 14.2 Å². The van der Waals surface area contributed by atoms with Crippen LogP contribution in [0, 0.1) is 6.92 Å². The van der Waals surface area contributed by atoms with E-state index in [1.54, 1.807) is 26.0 Å². The van der Waals surface area contributed by atoms with Gasteiger partial charge in [-0.1, -0.05) is 56.1 Å². The molecule has 0 fully saturated rings. The molecule has 1 unspecified atom stereocenters. The van der Waals surface area contributed by atoms with E-state index in [2.05, 4.69) is 37.9 Å². The largest absolute Gasteiger partial charge is 0.462 e. The first-order valence-corrected chi connectivity index (χ1v) is 13.0. The maximum absolute atomic E-state index is 12.4. The fourth-order valence-corrected chi connectivity index (χ4v) is 4.71. The lowest BCUT2D eigenvalue weighted by Gasteiger charge is -2.15. The van der Waals surface area contributed by atoms with Crippen LogP contribution >= 0.6 is 0 Å². The lowest BCUT2D eigenvalue weighted by molar-refractivity contribution is -0.138. The Hall–Kier alpha value is -4.71. The van der Waals surface area contributed by atoms with Gasteiger partial charge >= 0.3 is 17.9 Å². The number of hydrogen-bond donors (Lipinski definition) is 0. The van der Waals surface area contributed by atoms with Crippen molar-refractivity contribution < 1.29 is 28.6 Å². The molecule has 0 saturated carbocycles. The zero-order chi connectivity index (χ0) is 29.0. The number of hydrogen-bond acceptors (Lipinski definition) is 6. The molecule has 6 nitrogen and oxygen atoms in total. The normalized spacial score (nSPS) is 13.6. The summed E-state index contributed by atoms with van der Waals surface area (Å²) < 4.78 is 16.2. The van der Waals surface area contributed by atoms with Crippen molar-refractivity contribution in [1.29, 1.82) is 0 Å². The van der Waals surface area contributed by atoms with Gasteiger partial charge in [-0.25, -0.2) is 14.4 Å². The number of carbonyl (C=O) groups is 3. The monoisotopic (exact) mass is 536 g/mol. The standard InChI is InChI=1S/C34H32O6/c1-7-32(35)38-19-26-9-8-25-17-24(11-14-29(25)26)28-13-10-23(16-22(28)6)30-15-12-27(39-33(36)20(2)3)18-31(30)40-34(37)21(4)5/h7,10-18,26H,1-2,4,8-9,19H2,3,5-6H3. The second-order valence-electron chi connectivity index (χ2n) is 10.0. The quantitative estimate of drug-likeness (QED) is 0.166. The van der Waals surface area contributed by atoms with Gasteiger partial charge in [-0.05, 0) is 79.1 Å². The maximum Gasteiger partial charge on any atom is 0.338 e. The van der Waals surface area contributed by atoms with Crippen LogP contribution in [0.3, 0.4) is 0 Å². The van der Waals surface area contributed by atoms with E-state index in [1.165, 1.54) is 23.3 Å². The van der Waals surface area contributed by atoms with Gasteiger partial charge in [-0.2, -0.15) is 0 Å². The van der Waals surface area contributed by atoms with Crippen LogP contribution in [0.15, 0.2) is 91.6 Å². The van der Waals surface area contributed by atoms with E-state index in [1.807, 2.05) is 25.1 Å². The highest BCUT2D eigenvalue weighted by molar-refractivity contribution is 5.91. The summed E-state index contributed by atoms with van der Waals surface area (Å²) in [6.45, 7) is 16.2. The van der Waals surface area contributed by atoms with Crippen molar-refractivity contribution in [2.24, 2.45) is 0 Å². The average Bonchev–Trinajstić information content (AvgIpc) is 3.33. The highest BCUT2D eigenvalue weighted by Crippen LogP contribution is 2.39. The summed E-state index contributed by atoms with van der Waals surface area (Å²) in [5.41, 5.74) is 7.72. The molecule has 4 rings (SSSR count). The molecule has 1 aliphatic carbocycles. The molecule has 0 saturated heterocycles. The zero-order valence-corrected chi connectivity index (χ0v) is 23.0. The number of fused-ring (bicyclic) bond motifs is 1. The van der Waals surface area contributed by atoms with Gasteiger partial charge in [0.1, 0.15) is 11.5 Å². The minimum atomic E-state index is -0.575. The second kappa shape index (κ2) is 12.0. The molecule has 3 aromatic carbocycles. The van der Waals surface area contributed by atoms with Crippen LogP contribution in [0.4, 0.5) is 0 Å². The molecule has 204 valence electrons. The fraction of sp³-hybridized carbons (Fsp3) is 0.206. The highest BCUT2D eigenvalue weighted by Gasteiger charge is 2.24.